The van der Waals surface area contributed by atoms with E-state index in [9.17, 15) is 9.90 Å². The van der Waals surface area contributed by atoms with Gasteiger partial charge in [-0.1, -0.05) is 12.2 Å². The summed E-state index contributed by atoms with van der Waals surface area (Å²) in [6, 6.07) is 0. The average molecular weight is 154 g/mol. The van der Waals surface area contributed by atoms with Gasteiger partial charge in [0.05, 0.1) is 12.0 Å². The Morgan fingerprint density at radius 1 is 1.36 bits per heavy atom. The van der Waals surface area contributed by atoms with Crippen molar-refractivity contribution in [2.24, 2.45) is 17.8 Å². The van der Waals surface area contributed by atoms with E-state index >= 15 is 0 Å². The molecule has 11 heavy (non-hydrogen) atoms. The Morgan fingerprint density at radius 2 is 2.00 bits per heavy atom. The molecule has 1 fully saturated rings. The Morgan fingerprint density at radius 3 is 2.36 bits per heavy atom. The molecule has 60 valence electrons. The van der Waals surface area contributed by atoms with Gasteiger partial charge < -0.3 is 10.2 Å². The van der Waals surface area contributed by atoms with Crippen LogP contribution in [0.5, 0.6) is 0 Å². The first kappa shape index (κ1) is 6.85. The highest BCUT2D eigenvalue weighted by atomic mass is 16.4. The van der Waals surface area contributed by atoms with E-state index in [1.807, 2.05) is 12.2 Å². The molecular weight excluding hydrogens is 144 g/mol. The fraction of sp³-hybridized carbons (Fsp3) is 0.625. The second-order valence-electron chi connectivity index (χ2n) is 3.30. The molecule has 0 spiro atoms. The molecule has 0 aliphatic heterocycles. The Labute approximate surface area is 64.3 Å². The van der Waals surface area contributed by atoms with Gasteiger partial charge in [0, 0.05) is 5.92 Å². The van der Waals surface area contributed by atoms with E-state index in [0.29, 0.717) is 0 Å². The van der Waals surface area contributed by atoms with Crippen molar-refractivity contribution in [1.29, 1.82) is 0 Å². The number of aliphatic carboxylic acids is 1. The van der Waals surface area contributed by atoms with E-state index in [0.717, 1.165) is 6.42 Å². The lowest BCUT2D eigenvalue weighted by Crippen LogP contribution is -2.31. The van der Waals surface area contributed by atoms with Crippen molar-refractivity contribution in [3.05, 3.63) is 12.2 Å². The maximum absolute atomic E-state index is 10.6. The minimum absolute atomic E-state index is 0.0764. The molecule has 0 radical (unpaired) electrons. The average Bonchev–Trinajstić information content (AvgIpc) is 2.44. The van der Waals surface area contributed by atoms with Crippen LogP contribution in [0.25, 0.3) is 0 Å². The first-order valence-electron chi connectivity index (χ1n) is 3.79. The molecule has 3 nitrogen and oxygen atoms in total. The molecule has 2 bridgehead atoms. The third kappa shape index (κ3) is 0.807. The Kier molecular flexibility index (Phi) is 1.29. The minimum atomic E-state index is -0.866. The van der Waals surface area contributed by atoms with Crippen molar-refractivity contribution < 1.29 is 15.0 Å². The zero-order valence-electron chi connectivity index (χ0n) is 5.97. The van der Waals surface area contributed by atoms with Crippen LogP contribution in [0.15, 0.2) is 12.2 Å². The molecule has 2 aliphatic rings. The van der Waals surface area contributed by atoms with Gasteiger partial charge in [-0.05, 0) is 12.3 Å². The van der Waals surface area contributed by atoms with Crippen molar-refractivity contribution in [2.75, 3.05) is 0 Å². The molecule has 0 aromatic rings. The largest absolute Gasteiger partial charge is 0.481 e. The van der Waals surface area contributed by atoms with Gasteiger partial charge in [0.15, 0.2) is 0 Å². The van der Waals surface area contributed by atoms with Crippen LogP contribution in [0.2, 0.25) is 0 Å². The molecule has 4 atom stereocenters. The van der Waals surface area contributed by atoms with Crippen LogP contribution in [0, 0.1) is 17.8 Å². The summed E-state index contributed by atoms with van der Waals surface area (Å²) in [4.78, 5) is 10.6. The summed E-state index contributed by atoms with van der Waals surface area (Å²) in [6.07, 6.45) is 4.01. The van der Waals surface area contributed by atoms with Gasteiger partial charge in [-0.25, -0.2) is 0 Å². The summed E-state index contributed by atoms with van der Waals surface area (Å²) >= 11 is 0. The number of hydrogen-bond acceptors (Lipinski definition) is 2. The summed E-state index contributed by atoms with van der Waals surface area (Å²) in [5.74, 6) is -1.24. The highest BCUT2D eigenvalue weighted by Gasteiger charge is 2.47. The number of rotatable bonds is 1. The number of carboxylic acids is 1. The maximum Gasteiger partial charge on any atom is 0.309 e. The second kappa shape index (κ2) is 2.08. The number of carbonyl (C=O) groups is 1. The van der Waals surface area contributed by atoms with Crippen molar-refractivity contribution >= 4 is 5.97 Å². The van der Waals surface area contributed by atoms with E-state index in [2.05, 4.69) is 0 Å². The normalized spacial score (nSPS) is 46.6. The van der Waals surface area contributed by atoms with Gasteiger partial charge in [-0.2, -0.15) is 0 Å². The van der Waals surface area contributed by atoms with Gasteiger partial charge in [-0.15, -0.1) is 0 Å². The summed E-state index contributed by atoms with van der Waals surface area (Å²) in [5, 5.41) is 18.1. The first-order valence-corrected chi connectivity index (χ1v) is 3.79. The Balaban J connectivity index is 2.25. The molecule has 0 heterocycles. The standard InChI is InChI=1S/C8H10O3/c9-7-5-2-1-4(3-5)6(7)8(10)11/h1-2,4-7,9H,3H2,(H,10,11). The third-order valence-electron chi connectivity index (χ3n) is 2.70. The molecule has 2 aliphatic carbocycles. The number of hydrogen-bond donors (Lipinski definition) is 2. The summed E-state index contributed by atoms with van der Waals surface area (Å²) in [6.45, 7) is 0. The van der Waals surface area contributed by atoms with E-state index in [4.69, 9.17) is 5.11 Å². The lowest BCUT2D eigenvalue weighted by molar-refractivity contribution is -0.146. The van der Waals surface area contributed by atoms with E-state index in [1.165, 1.54) is 0 Å². The second-order valence-corrected chi connectivity index (χ2v) is 3.30. The number of aliphatic hydroxyl groups excluding tert-OH is 1. The third-order valence-corrected chi connectivity index (χ3v) is 2.70. The van der Waals surface area contributed by atoms with Gasteiger partial charge >= 0.3 is 5.97 Å². The molecule has 0 aromatic carbocycles. The van der Waals surface area contributed by atoms with Crippen molar-refractivity contribution in [3.8, 4) is 0 Å². The lowest BCUT2D eigenvalue weighted by atomic mass is 9.91. The summed E-state index contributed by atoms with van der Waals surface area (Å²) in [5.41, 5.74) is 0. The van der Waals surface area contributed by atoms with Crippen LogP contribution >= 0.6 is 0 Å². The molecular formula is C8H10O3. The van der Waals surface area contributed by atoms with E-state index < -0.39 is 18.0 Å². The fourth-order valence-electron chi connectivity index (χ4n) is 2.13. The number of carboxylic acid groups (broad SMARTS) is 1. The van der Waals surface area contributed by atoms with Crippen LogP contribution in [0.3, 0.4) is 0 Å². The number of allylic oxidation sites excluding steroid dienone is 1. The lowest BCUT2D eigenvalue weighted by Gasteiger charge is -2.18. The van der Waals surface area contributed by atoms with Crippen LogP contribution < -0.4 is 0 Å². The topological polar surface area (TPSA) is 57.5 Å². The van der Waals surface area contributed by atoms with Gasteiger partial charge in [0.1, 0.15) is 0 Å². The van der Waals surface area contributed by atoms with Crippen molar-refractivity contribution in [3.63, 3.8) is 0 Å². The quantitative estimate of drug-likeness (QED) is 0.532. The van der Waals surface area contributed by atoms with Crippen molar-refractivity contribution in [2.45, 2.75) is 12.5 Å². The zero-order chi connectivity index (χ0) is 8.01. The first-order chi connectivity index (χ1) is 5.20. The van der Waals surface area contributed by atoms with E-state index in [1.54, 1.807) is 0 Å². The highest BCUT2D eigenvalue weighted by Crippen LogP contribution is 2.43. The van der Waals surface area contributed by atoms with Gasteiger partial charge in [0.2, 0.25) is 0 Å². The molecule has 0 amide bonds. The van der Waals surface area contributed by atoms with Gasteiger partial charge in [0.25, 0.3) is 0 Å². The SMILES string of the molecule is O=C(O)C1C2C=CC(C2)C1O. The Hall–Kier alpha value is -0.830. The predicted molar refractivity (Wildman–Crippen MR) is 37.9 cm³/mol. The van der Waals surface area contributed by atoms with E-state index in [-0.39, 0.29) is 11.8 Å². The van der Waals surface area contributed by atoms with Crippen molar-refractivity contribution in [1.82, 2.24) is 0 Å². The molecule has 4 unspecified atom stereocenters. The van der Waals surface area contributed by atoms with Gasteiger partial charge in [-0.3, -0.25) is 4.79 Å². The Bertz CT molecular complexity index is 221. The minimum Gasteiger partial charge on any atom is -0.481 e. The monoisotopic (exact) mass is 154 g/mol. The fourth-order valence-corrected chi connectivity index (χ4v) is 2.13. The molecule has 2 rings (SSSR count). The molecule has 0 aromatic heterocycles. The van der Waals surface area contributed by atoms with Crippen LogP contribution in [0.4, 0.5) is 0 Å². The summed E-state index contributed by atoms with van der Waals surface area (Å²) in [7, 11) is 0. The zero-order valence-corrected chi connectivity index (χ0v) is 5.97. The summed E-state index contributed by atoms with van der Waals surface area (Å²) < 4.78 is 0. The van der Waals surface area contributed by atoms with Crippen LogP contribution in [-0.2, 0) is 4.79 Å². The molecule has 1 saturated carbocycles. The molecule has 2 N–H and O–H groups in total. The predicted octanol–water partition coefficient (Wildman–Crippen LogP) is 0.254. The number of fused-ring (bicyclic) bond motifs is 2. The molecule has 3 heteroatoms. The molecule has 0 saturated heterocycles. The maximum atomic E-state index is 10.6. The van der Waals surface area contributed by atoms with Crippen LogP contribution in [0.1, 0.15) is 6.42 Å². The number of aliphatic hydroxyl groups is 1. The van der Waals surface area contributed by atoms with Crippen LogP contribution in [-0.4, -0.2) is 22.3 Å². The highest BCUT2D eigenvalue weighted by molar-refractivity contribution is 5.72. The smallest absolute Gasteiger partial charge is 0.309 e.